The van der Waals surface area contributed by atoms with Gasteiger partial charge in [-0.2, -0.15) is 10.4 Å². The quantitative estimate of drug-likeness (QED) is 0.711. The number of nitrogens with zero attached hydrogens (tertiary/aromatic N) is 5. The van der Waals surface area contributed by atoms with Crippen LogP contribution in [0.15, 0.2) is 24.3 Å². The van der Waals surface area contributed by atoms with Crippen LogP contribution in [-0.4, -0.2) is 19.3 Å². The van der Waals surface area contributed by atoms with E-state index in [9.17, 15) is 5.26 Å². The van der Waals surface area contributed by atoms with Crippen molar-refractivity contribution < 1.29 is 0 Å². The highest BCUT2D eigenvalue weighted by Gasteiger charge is 2.18. The molecule has 0 bridgehead atoms. The number of nitrogen functional groups attached to an aromatic ring is 1. The average molecular weight is 252 g/mol. The predicted octanol–water partition coefficient (Wildman–Crippen LogP) is 1.52. The van der Waals surface area contributed by atoms with Gasteiger partial charge < -0.3 is 5.73 Å². The first-order valence-corrected chi connectivity index (χ1v) is 5.80. The molecule has 1 aromatic carbocycles. The summed E-state index contributed by atoms with van der Waals surface area (Å²) < 4.78 is 3.48. The third-order valence-corrected chi connectivity index (χ3v) is 3.09. The summed E-state index contributed by atoms with van der Waals surface area (Å²) in [5, 5.41) is 13.5. The molecule has 3 aromatic rings. The Hall–Kier alpha value is -2.81. The minimum Gasteiger partial charge on any atom is -0.369 e. The van der Waals surface area contributed by atoms with Gasteiger partial charge in [-0.15, -0.1) is 0 Å². The molecule has 94 valence electrons. The third kappa shape index (κ3) is 1.48. The standard InChI is InChI=1S/C13H12N6/c1-8-11-12(18(2)17-8)19(13(15)16-11)10-6-4-3-5-9(10)7-14/h3-6H,1-2H3,(H2,15,16). The Bertz CT molecular complexity index is 818. The summed E-state index contributed by atoms with van der Waals surface area (Å²) in [6.07, 6.45) is 0. The molecule has 0 fully saturated rings. The smallest absolute Gasteiger partial charge is 0.207 e. The van der Waals surface area contributed by atoms with Gasteiger partial charge in [0.05, 0.1) is 16.9 Å². The number of hydrogen-bond donors (Lipinski definition) is 1. The highest BCUT2D eigenvalue weighted by atomic mass is 15.3. The Labute approximate surface area is 109 Å². The number of imidazole rings is 1. The summed E-state index contributed by atoms with van der Waals surface area (Å²) in [6, 6.07) is 9.45. The number of nitriles is 1. The molecule has 19 heavy (non-hydrogen) atoms. The Kier molecular flexibility index (Phi) is 2.29. The zero-order chi connectivity index (χ0) is 13.6. The molecule has 0 saturated heterocycles. The molecule has 2 N–H and O–H groups in total. The molecule has 0 amide bonds. The zero-order valence-corrected chi connectivity index (χ0v) is 10.6. The molecular formula is C13H12N6. The van der Waals surface area contributed by atoms with Gasteiger partial charge in [0, 0.05) is 7.05 Å². The van der Waals surface area contributed by atoms with Crippen LogP contribution in [0.4, 0.5) is 5.95 Å². The molecule has 0 atom stereocenters. The summed E-state index contributed by atoms with van der Waals surface area (Å²) in [6.45, 7) is 1.88. The van der Waals surface area contributed by atoms with Crippen molar-refractivity contribution in [2.24, 2.45) is 7.05 Å². The van der Waals surface area contributed by atoms with E-state index in [1.165, 1.54) is 0 Å². The van der Waals surface area contributed by atoms with Crippen LogP contribution in [-0.2, 0) is 7.05 Å². The van der Waals surface area contributed by atoms with Gasteiger partial charge in [0.1, 0.15) is 11.6 Å². The van der Waals surface area contributed by atoms with Gasteiger partial charge in [-0.3, -0.25) is 4.57 Å². The first kappa shape index (κ1) is 11.3. The predicted molar refractivity (Wildman–Crippen MR) is 71.7 cm³/mol. The highest BCUT2D eigenvalue weighted by Crippen LogP contribution is 2.26. The normalized spacial score (nSPS) is 10.8. The second-order valence-electron chi connectivity index (χ2n) is 4.32. The fourth-order valence-corrected chi connectivity index (χ4v) is 2.29. The maximum atomic E-state index is 9.21. The van der Waals surface area contributed by atoms with Crippen molar-refractivity contribution in [3.63, 3.8) is 0 Å². The molecule has 0 spiro atoms. The van der Waals surface area contributed by atoms with Crippen molar-refractivity contribution in [2.45, 2.75) is 6.92 Å². The van der Waals surface area contributed by atoms with Crippen LogP contribution in [0.1, 0.15) is 11.3 Å². The maximum absolute atomic E-state index is 9.21. The van der Waals surface area contributed by atoms with Crippen molar-refractivity contribution in [1.82, 2.24) is 19.3 Å². The number of aromatic nitrogens is 4. The van der Waals surface area contributed by atoms with Crippen molar-refractivity contribution in [3.8, 4) is 11.8 Å². The topological polar surface area (TPSA) is 85.5 Å². The monoisotopic (exact) mass is 252 g/mol. The van der Waals surface area contributed by atoms with Crippen LogP contribution in [0.5, 0.6) is 0 Å². The van der Waals surface area contributed by atoms with Crippen molar-refractivity contribution in [1.29, 1.82) is 5.26 Å². The molecule has 0 saturated carbocycles. The summed E-state index contributed by atoms with van der Waals surface area (Å²) in [5.41, 5.74) is 9.62. The average Bonchev–Trinajstić information content (AvgIpc) is 2.88. The fourth-order valence-electron chi connectivity index (χ4n) is 2.29. The van der Waals surface area contributed by atoms with Gasteiger partial charge in [-0.1, -0.05) is 12.1 Å². The molecule has 0 unspecified atom stereocenters. The molecule has 6 nitrogen and oxygen atoms in total. The lowest BCUT2D eigenvalue weighted by atomic mass is 10.2. The van der Waals surface area contributed by atoms with Crippen LogP contribution >= 0.6 is 0 Å². The third-order valence-electron chi connectivity index (χ3n) is 3.09. The SMILES string of the molecule is Cc1nn(C)c2c1nc(N)n2-c1ccccc1C#N. The number of anilines is 1. The maximum Gasteiger partial charge on any atom is 0.207 e. The number of aryl methyl sites for hydroxylation is 2. The van der Waals surface area contributed by atoms with Crippen LogP contribution in [0, 0.1) is 18.3 Å². The molecule has 0 radical (unpaired) electrons. The lowest BCUT2D eigenvalue weighted by Crippen LogP contribution is -2.06. The van der Waals surface area contributed by atoms with Crippen LogP contribution in [0.25, 0.3) is 16.9 Å². The van der Waals surface area contributed by atoms with Crippen LogP contribution < -0.4 is 5.73 Å². The van der Waals surface area contributed by atoms with Gasteiger partial charge in [-0.25, -0.2) is 9.67 Å². The molecule has 0 aliphatic rings. The van der Waals surface area contributed by atoms with Gasteiger partial charge in [0.15, 0.2) is 5.65 Å². The van der Waals surface area contributed by atoms with Gasteiger partial charge in [-0.05, 0) is 19.1 Å². The largest absolute Gasteiger partial charge is 0.369 e. The van der Waals surface area contributed by atoms with E-state index < -0.39 is 0 Å². The number of benzene rings is 1. The van der Waals surface area contributed by atoms with Gasteiger partial charge in [0.2, 0.25) is 5.95 Å². The fraction of sp³-hybridized carbons (Fsp3) is 0.154. The molecular weight excluding hydrogens is 240 g/mol. The molecule has 3 rings (SSSR count). The van der Waals surface area contributed by atoms with Crippen LogP contribution in [0.3, 0.4) is 0 Å². The number of para-hydroxylation sites is 1. The van der Waals surface area contributed by atoms with Crippen molar-refractivity contribution in [3.05, 3.63) is 35.5 Å². The van der Waals surface area contributed by atoms with Crippen LogP contribution in [0.2, 0.25) is 0 Å². The number of fused-ring (bicyclic) bond motifs is 1. The van der Waals surface area contributed by atoms with Crippen molar-refractivity contribution in [2.75, 3.05) is 5.73 Å². The van der Waals surface area contributed by atoms with E-state index >= 15 is 0 Å². The number of hydrogen-bond acceptors (Lipinski definition) is 4. The van der Waals surface area contributed by atoms with E-state index in [-0.39, 0.29) is 0 Å². The second kappa shape index (κ2) is 3.85. The van der Waals surface area contributed by atoms with E-state index in [0.29, 0.717) is 17.2 Å². The Morgan fingerprint density at radius 1 is 1.32 bits per heavy atom. The Morgan fingerprint density at radius 2 is 2.05 bits per heavy atom. The molecule has 6 heteroatoms. The zero-order valence-electron chi connectivity index (χ0n) is 10.6. The molecule has 0 aliphatic heterocycles. The lowest BCUT2D eigenvalue weighted by molar-refractivity contribution is 0.762. The van der Waals surface area contributed by atoms with E-state index in [1.54, 1.807) is 15.3 Å². The lowest BCUT2D eigenvalue weighted by Gasteiger charge is -2.08. The van der Waals surface area contributed by atoms with E-state index in [4.69, 9.17) is 5.73 Å². The summed E-state index contributed by atoms with van der Waals surface area (Å²) >= 11 is 0. The second-order valence-corrected chi connectivity index (χ2v) is 4.32. The molecule has 2 heterocycles. The first-order chi connectivity index (χ1) is 9.13. The molecule has 2 aromatic heterocycles. The minimum absolute atomic E-state index is 0.355. The summed E-state index contributed by atoms with van der Waals surface area (Å²) in [5.74, 6) is 0.355. The van der Waals surface area contributed by atoms with Gasteiger partial charge in [0.25, 0.3) is 0 Å². The Balaban J connectivity index is 2.43. The highest BCUT2D eigenvalue weighted by molar-refractivity contribution is 5.80. The minimum atomic E-state index is 0.355. The van der Waals surface area contributed by atoms with E-state index in [2.05, 4.69) is 16.2 Å². The van der Waals surface area contributed by atoms with Crippen molar-refractivity contribution >= 4 is 17.1 Å². The number of rotatable bonds is 1. The summed E-state index contributed by atoms with van der Waals surface area (Å²) in [7, 11) is 1.84. The van der Waals surface area contributed by atoms with Gasteiger partial charge >= 0.3 is 0 Å². The summed E-state index contributed by atoms with van der Waals surface area (Å²) in [4.78, 5) is 4.33. The van der Waals surface area contributed by atoms with E-state index in [1.807, 2.05) is 32.2 Å². The molecule has 0 aliphatic carbocycles. The Morgan fingerprint density at radius 3 is 2.79 bits per heavy atom. The number of nitrogens with two attached hydrogens (primary N) is 1. The van der Waals surface area contributed by atoms with E-state index in [0.717, 1.165) is 16.9 Å². The first-order valence-electron chi connectivity index (χ1n) is 5.80.